The molecule has 1 N–H and O–H groups in total. The second-order valence-corrected chi connectivity index (χ2v) is 5.77. The lowest BCUT2D eigenvalue weighted by molar-refractivity contribution is -0.00900. The van der Waals surface area contributed by atoms with Gasteiger partial charge in [0.1, 0.15) is 5.82 Å². The molecule has 1 unspecified atom stereocenters. The van der Waals surface area contributed by atoms with Crippen molar-refractivity contribution in [3.8, 4) is 0 Å². The molecule has 1 atom stereocenters. The van der Waals surface area contributed by atoms with E-state index in [2.05, 4.69) is 9.80 Å². The molecule has 1 heterocycles. The predicted octanol–water partition coefficient (Wildman–Crippen LogP) is 2.58. The molecule has 1 aliphatic rings. The van der Waals surface area contributed by atoms with Gasteiger partial charge >= 0.3 is 0 Å². The molecule has 7 heteroatoms. The highest BCUT2D eigenvalue weighted by Crippen LogP contribution is 2.20. The lowest BCUT2D eigenvalue weighted by Gasteiger charge is -2.37. The van der Waals surface area contributed by atoms with Crippen LogP contribution in [0.2, 0.25) is 0 Å². The van der Waals surface area contributed by atoms with Crippen LogP contribution in [-0.4, -0.2) is 61.5 Å². The van der Waals surface area contributed by atoms with Gasteiger partial charge in [0.2, 0.25) is 0 Å². The van der Waals surface area contributed by atoms with Gasteiger partial charge in [0.25, 0.3) is 0 Å². The molecule has 23 heavy (non-hydrogen) atoms. The Labute approximate surface area is 150 Å². The Hall–Kier alpha value is -0.590. The summed E-state index contributed by atoms with van der Waals surface area (Å²) in [5.74, 6) is -0.170. The van der Waals surface area contributed by atoms with Crippen LogP contribution in [0.15, 0.2) is 24.3 Å². The zero-order chi connectivity index (χ0) is 15.2. The Kier molecular flexibility index (Phi) is 10.8. The largest absolute Gasteiger partial charge is 0.389 e. The molecule has 1 aliphatic heterocycles. The van der Waals surface area contributed by atoms with Crippen molar-refractivity contribution >= 4 is 30.5 Å². The third kappa shape index (κ3) is 7.23. The van der Waals surface area contributed by atoms with Gasteiger partial charge in [-0.2, -0.15) is 0 Å². The van der Waals surface area contributed by atoms with Gasteiger partial charge in [-0.3, -0.25) is 4.90 Å². The van der Waals surface area contributed by atoms with E-state index in [0.29, 0.717) is 18.8 Å². The Morgan fingerprint density at radius 2 is 1.74 bits per heavy atom. The summed E-state index contributed by atoms with van der Waals surface area (Å²) in [6, 6.07) is 6.88. The zero-order valence-electron chi connectivity index (χ0n) is 13.7. The fourth-order valence-electron chi connectivity index (χ4n) is 2.53. The molecule has 1 saturated heterocycles. The first-order valence-electron chi connectivity index (χ1n) is 7.57. The number of anilines is 1. The molecule has 0 aromatic heterocycles. The highest BCUT2D eigenvalue weighted by Gasteiger charge is 2.21. The van der Waals surface area contributed by atoms with E-state index in [9.17, 15) is 9.50 Å². The summed E-state index contributed by atoms with van der Waals surface area (Å²) in [5.41, 5.74) is 0.667. The van der Waals surface area contributed by atoms with Crippen LogP contribution in [0, 0.1) is 5.82 Å². The number of nitrogens with zero attached hydrogens (tertiary/aromatic N) is 2. The second-order valence-electron chi connectivity index (χ2n) is 5.77. The van der Waals surface area contributed by atoms with E-state index >= 15 is 0 Å². The molecule has 0 saturated carbocycles. The minimum absolute atomic E-state index is 0. The van der Waals surface area contributed by atoms with Gasteiger partial charge in [-0.25, -0.2) is 4.39 Å². The molecular formula is C16H27Cl2FN2O2. The van der Waals surface area contributed by atoms with Crippen molar-refractivity contribution < 1.29 is 14.2 Å². The van der Waals surface area contributed by atoms with Gasteiger partial charge in [-0.05, 0) is 26.0 Å². The molecule has 0 spiro atoms. The number of rotatable bonds is 6. The maximum absolute atomic E-state index is 13.7. The van der Waals surface area contributed by atoms with Crippen LogP contribution < -0.4 is 4.90 Å². The van der Waals surface area contributed by atoms with Crippen LogP contribution >= 0.6 is 24.8 Å². The maximum atomic E-state index is 13.7. The van der Waals surface area contributed by atoms with Crippen LogP contribution in [-0.2, 0) is 4.74 Å². The van der Waals surface area contributed by atoms with Crippen LogP contribution in [0.5, 0.6) is 0 Å². The monoisotopic (exact) mass is 368 g/mol. The number of hydrogen-bond acceptors (Lipinski definition) is 4. The first-order chi connectivity index (χ1) is 10.1. The second kappa shape index (κ2) is 11.0. The summed E-state index contributed by atoms with van der Waals surface area (Å²) in [6.07, 6.45) is -0.329. The number of aliphatic hydroxyl groups excluding tert-OH is 1. The molecule has 0 aliphatic carbocycles. The number of β-amino-alcohol motifs (C(OH)–C–C–N with tert-alkyl or cyclic N) is 1. The van der Waals surface area contributed by atoms with E-state index in [1.54, 1.807) is 6.07 Å². The van der Waals surface area contributed by atoms with E-state index < -0.39 is 6.10 Å². The quantitative estimate of drug-likeness (QED) is 0.836. The standard InChI is InChI=1S/C16H25FN2O2.2ClH/c1-13(2)21-12-14(20)11-18-7-9-19(10-8-18)16-6-4-3-5-15(16)17;;/h3-6,13-14,20H,7-12H2,1-2H3;2*1H. The molecule has 0 radical (unpaired) electrons. The van der Waals surface area contributed by atoms with Crippen molar-refractivity contribution in [3.63, 3.8) is 0 Å². The third-order valence-electron chi connectivity index (χ3n) is 3.66. The van der Waals surface area contributed by atoms with Gasteiger partial charge in [-0.15, -0.1) is 24.8 Å². The highest BCUT2D eigenvalue weighted by atomic mass is 35.5. The number of para-hydroxylation sites is 1. The number of hydrogen-bond donors (Lipinski definition) is 1. The van der Waals surface area contributed by atoms with E-state index in [1.165, 1.54) is 6.07 Å². The van der Waals surface area contributed by atoms with Gasteiger partial charge in [0, 0.05) is 32.7 Å². The predicted molar refractivity (Wildman–Crippen MR) is 96.6 cm³/mol. The lowest BCUT2D eigenvalue weighted by atomic mass is 10.2. The van der Waals surface area contributed by atoms with Gasteiger partial charge in [0.15, 0.2) is 0 Å². The molecule has 2 rings (SSSR count). The summed E-state index contributed by atoms with van der Waals surface area (Å²) in [6.45, 7) is 8.10. The molecular weight excluding hydrogens is 342 g/mol. The van der Waals surface area contributed by atoms with E-state index in [0.717, 1.165) is 26.2 Å². The Morgan fingerprint density at radius 1 is 1.13 bits per heavy atom. The minimum atomic E-state index is -0.465. The summed E-state index contributed by atoms with van der Waals surface area (Å²) in [4.78, 5) is 4.26. The zero-order valence-corrected chi connectivity index (χ0v) is 15.3. The van der Waals surface area contributed by atoms with Crippen LogP contribution in [0.25, 0.3) is 0 Å². The lowest BCUT2D eigenvalue weighted by Crippen LogP contribution is -2.49. The van der Waals surface area contributed by atoms with Crippen LogP contribution in [0.1, 0.15) is 13.8 Å². The van der Waals surface area contributed by atoms with Crippen molar-refractivity contribution in [1.29, 1.82) is 0 Å². The summed E-state index contributed by atoms with van der Waals surface area (Å²) in [5, 5.41) is 9.94. The fraction of sp³-hybridized carbons (Fsp3) is 0.625. The van der Waals surface area contributed by atoms with Crippen molar-refractivity contribution in [2.24, 2.45) is 0 Å². The Balaban J connectivity index is 0.00000242. The van der Waals surface area contributed by atoms with Crippen LogP contribution in [0.3, 0.4) is 0 Å². The Morgan fingerprint density at radius 3 is 2.30 bits per heavy atom. The number of ether oxygens (including phenoxy) is 1. The van der Waals surface area contributed by atoms with Crippen molar-refractivity contribution in [1.82, 2.24) is 4.90 Å². The van der Waals surface area contributed by atoms with Crippen molar-refractivity contribution in [2.75, 3.05) is 44.2 Å². The first-order valence-corrected chi connectivity index (χ1v) is 7.57. The smallest absolute Gasteiger partial charge is 0.146 e. The normalized spacial score (nSPS) is 16.7. The van der Waals surface area contributed by atoms with E-state index in [-0.39, 0.29) is 36.7 Å². The average molecular weight is 369 g/mol. The van der Waals surface area contributed by atoms with E-state index in [4.69, 9.17) is 4.74 Å². The summed E-state index contributed by atoms with van der Waals surface area (Å²) in [7, 11) is 0. The topological polar surface area (TPSA) is 35.9 Å². The van der Waals surface area contributed by atoms with Crippen molar-refractivity contribution in [2.45, 2.75) is 26.1 Å². The summed E-state index contributed by atoms with van der Waals surface area (Å²) >= 11 is 0. The number of halogens is 3. The SMILES string of the molecule is CC(C)OCC(O)CN1CCN(c2ccccc2F)CC1.Cl.Cl. The number of benzene rings is 1. The molecule has 4 nitrogen and oxygen atoms in total. The molecule has 134 valence electrons. The molecule has 1 aromatic rings. The molecule has 0 amide bonds. The van der Waals surface area contributed by atoms with E-state index in [1.807, 2.05) is 26.0 Å². The first kappa shape index (κ1) is 22.4. The average Bonchev–Trinajstić information content (AvgIpc) is 2.47. The van der Waals surface area contributed by atoms with Gasteiger partial charge < -0.3 is 14.7 Å². The third-order valence-corrected chi connectivity index (χ3v) is 3.66. The summed E-state index contributed by atoms with van der Waals surface area (Å²) < 4.78 is 19.2. The Bertz CT molecular complexity index is 444. The number of aliphatic hydroxyl groups is 1. The van der Waals surface area contributed by atoms with Gasteiger partial charge in [-0.1, -0.05) is 12.1 Å². The molecule has 1 fully saturated rings. The van der Waals surface area contributed by atoms with Gasteiger partial charge in [0.05, 0.1) is 24.5 Å². The molecule has 1 aromatic carbocycles. The minimum Gasteiger partial charge on any atom is -0.389 e. The molecule has 0 bridgehead atoms. The highest BCUT2D eigenvalue weighted by molar-refractivity contribution is 5.85. The fourth-order valence-corrected chi connectivity index (χ4v) is 2.53. The number of piperazine rings is 1. The van der Waals surface area contributed by atoms with Crippen LogP contribution in [0.4, 0.5) is 10.1 Å². The maximum Gasteiger partial charge on any atom is 0.146 e. The van der Waals surface area contributed by atoms with Crippen molar-refractivity contribution in [3.05, 3.63) is 30.1 Å².